The molecular weight excluding hydrogens is 200 g/mol. The second-order valence-electron chi connectivity index (χ2n) is 5.75. The number of piperidine rings is 1. The third-order valence-corrected chi connectivity index (χ3v) is 4.26. The molecule has 0 bridgehead atoms. The van der Waals surface area contributed by atoms with Crippen LogP contribution in [0.3, 0.4) is 0 Å². The minimum absolute atomic E-state index is 0.133. The first-order chi connectivity index (χ1) is 7.59. The second-order valence-corrected chi connectivity index (χ2v) is 5.75. The van der Waals surface area contributed by atoms with E-state index in [1.54, 1.807) is 0 Å². The molecular formula is C13H24N2O. The van der Waals surface area contributed by atoms with Gasteiger partial charge in [0.1, 0.15) is 0 Å². The second kappa shape index (κ2) is 4.74. The predicted molar refractivity (Wildman–Crippen MR) is 64.8 cm³/mol. The van der Waals surface area contributed by atoms with Crippen LogP contribution in [0, 0.1) is 17.8 Å². The number of likely N-dealkylation sites (tertiary alicyclic amines) is 1. The van der Waals surface area contributed by atoms with Crippen LogP contribution in [0.1, 0.15) is 39.5 Å². The zero-order valence-electron chi connectivity index (χ0n) is 10.5. The van der Waals surface area contributed by atoms with Crippen molar-refractivity contribution in [3.8, 4) is 0 Å². The SMILES string of the molecule is CC(C)C(=O)N1CCC2C(N)CCCC2C1. The Labute approximate surface area is 98.4 Å². The topological polar surface area (TPSA) is 46.3 Å². The first kappa shape index (κ1) is 11.9. The molecule has 1 amide bonds. The molecule has 1 saturated carbocycles. The van der Waals surface area contributed by atoms with Crippen molar-refractivity contribution in [3.05, 3.63) is 0 Å². The normalized spacial score (nSPS) is 35.0. The molecule has 3 heteroatoms. The van der Waals surface area contributed by atoms with Crippen molar-refractivity contribution >= 4 is 5.91 Å². The lowest BCUT2D eigenvalue weighted by molar-refractivity contribution is -0.137. The van der Waals surface area contributed by atoms with E-state index in [-0.39, 0.29) is 5.92 Å². The van der Waals surface area contributed by atoms with Crippen molar-refractivity contribution in [2.45, 2.75) is 45.6 Å². The zero-order chi connectivity index (χ0) is 11.7. The van der Waals surface area contributed by atoms with Crippen LogP contribution in [0.2, 0.25) is 0 Å². The number of hydrogen-bond donors (Lipinski definition) is 1. The highest BCUT2D eigenvalue weighted by Gasteiger charge is 2.37. The van der Waals surface area contributed by atoms with Crippen LogP contribution in [0.4, 0.5) is 0 Å². The summed E-state index contributed by atoms with van der Waals surface area (Å²) in [4.78, 5) is 14.0. The van der Waals surface area contributed by atoms with Crippen LogP contribution in [0.25, 0.3) is 0 Å². The van der Waals surface area contributed by atoms with Crippen molar-refractivity contribution in [2.75, 3.05) is 13.1 Å². The lowest BCUT2D eigenvalue weighted by Crippen LogP contribution is -2.51. The Morgan fingerprint density at radius 1 is 1.31 bits per heavy atom. The highest BCUT2D eigenvalue weighted by Crippen LogP contribution is 2.35. The average Bonchev–Trinajstić information content (AvgIpc) is 2.28. The molecule has 1 heterocycles. The van der Waals surface area contributed by atoms with Gasteiger partial charge in [0.25, 0.3) is 0 Å². The van der Waals surface area contributed by atoms with Gasteiger partial charge < -0.3 is 10.6 Å². The molecule has 2 rings (SSSR count). The van der Waals surface area contributed by atoms with E-state index >= 15 is 0 Å². The van der Waals surface area contributed by atoms with Gasteiger partial charge in [0.05, 0.1) is 0 Å². The van der Waals surface area contributed by atoms with E-state index in [0.29, 0.717) is 23.8 Å². The monoisotopic (exact) mass is 224 g/mol. The molecule has 0 aromatic heterocycles. The quantitative estimate of drug-likeness (QED) is 0.735. The van der Waals surface area contributed by atoms with Crippen molar-refractivity contribution in [3.63, 3.8) is 0 Å². The van der Waals surface area contributed by atoms with Gasteiger partial charge in [-0.1, -0.05) is 20.3 Å². The fourth-order valence-electron chi connectivity index (χ4n) is 3.31. The molecule has 92 valence electrons. The van der Waals surface area contributed by atoms with Crippen LogP contribution in [0.5, 0.6) is 0 Å². The van der Waals surface area contributed by atoms with E-state index < -0.39 is 0 Å². The van der Waals surface area contributed by atoms with Gasteiger partial charge in [-0.25, -0.2) is 0 Å². The van der Waals surface area contributed by atoms with E-state index in [2.05, 4.69) is 4.90 Å². The van der Waals surface area contributed by atoms with Gasteiger partial charge in [-0.3, -0.25) is 4.79 Å². The highest BCUT2D eigenvalue weighted by molar-refractivity contribution is 5.78. The van der Waals surface area contributed by atoms with Crippen molar-refractivity contribution in [2.24, 2.45) is 23.5 Å². The highest BCUT2D eigenvalue weighted by atomic mass is 16.2. The summed E-state index contributed by atoms with van der Waals surface area (Å²) < 4.78 is 0. The van der Waals surface area contributed by atoms with Gasteiger partial charge in [-0.2, -0.15) is 0 Å². The first-order valence-electron chi connectivity index (χ1n) is 6.64. The largest absolute Gasteiger partial charge is 0.342 e. The summed E-state index contributed by atoms with van der Waals surface area (Å²) in [6.07, 6.45) is 4.80. The van der Waals surface area contributed by atoms with Gasteiger partial charge in [0, 0.05) is 25.0 Å². The van der Waals surface area contributed by atoms with Crippen molar-refractivity contribution in [1.29, 1.82) is 0 Å². The molecule has 1 aliphatic heterocycles. The van der Waals surface area contributed by atoms with E-state index in [1.807, 2.05) is 13.8 Å². The van der Waals surface area contributed by atoms with Gasteiger partial charge in [0.2, 0.25) is 5.91 Å². The van der Waals surface area contributed by atoms with Crippen molar-refractivity contribution < 1.29 is 4.79 Å². The molecule has 16 heavy (non-hydrogen) atoms. The zero-order valence-corrected chi connectivity index (χ0v) is 10.5. The molecule has 2 N–H and O–H groups in total. The van der Waals surface area contributed by atoms with Crippen LogP contribution < -0.4 is 5.73 Å². The van der Waals surface area contributed by atoms with Crippen LogP contribution in [-0.4, -0.2) is 29.9 Å². The molecule has 0 radical (unpaired) electrons. The molecule has 3 atom stereocenters. The Bertz CT molecular complexity index is 265. The number of carbonyl (C=O) groups is 1. The number of fused-ring (bicyclic) bond motifs is 1. The number of hydrogen-bond acceptors (Lipinski definition) is 2. The number of nitrogens with zero attached hydrogens (tertiary/aromatic N) is 1. The fourth-order valence-corrected chi connectivity index (χ4v) is 3.31. The molecule has 0 aromatic rings. The molecule has 2 fully saturated rings. The summed E-state index contributed by atoms with van der Waals surface area (Å²) in [5, 5.41) is 0. The number of rotatable bonds is 1. The third kappa shape index (κ3) is 2.24. The van der Waals surface area contributed by atoms with Crippen molar-refractivity contribution in [1.82, 2.24) is 4.90 Å². The van der Waals surface area contributed by atoms with E-state index in [4.69, 9.17) is 5.73 Å². The van der Waals surface area contributed by atoms with Crippen LogP contribution in [-0.2, 0) is 4.79 Å². The summed E-state index contributed by atoms with van der Waals surface area (Å²) in [6, 6.07) is 0.384. The number of amides is 1. The molecule has 2 aliphatic rings. The number of nitrogens with two attached hydrogens (primary N) is 1. The summed E-state index contributed by atoms with van der Waals surface area (Å²) in [6.45, 7) is 5.85. The van der Waals surface area contributed by atoms with Crippen LogP contribution >= 0.6 is 0 Å². The van der Waals surface area contributed by atoms with Gasteiger partial charge in [0.15, 0.2) is 0 Å². The van der Waals surface area contributed by atoms with Gasteiger partial charge in [-0.15, -0.1) is 0 Å². The van der Waals surface area contributed by atoms with Gasteiger partial charge in [-0.05, 0) is 31.1 Å². The molecule has 1 aliphatic carbocycles. The Morgan fingerprint density at radius 2 is 2.06 bits per heavy atom. The molecule has 1 saturated heterocycles. The maximum atomic E-state index is 11.9. The smallest absolute Gasteiger partial charge is 0.225 e. The third-order valence-electron chi connectivity index (χ3n) is 4.26. The standard InChI is InChI=1S/C13H24N2O/c1-9(2)13(16)15-7-6-11-10(8-15)4-3-5-12(11)14/h9-12H,3-8,14H2,1-2H3. The predicted octanol–water partition coefficient (Wildman–Crippen LogP) is 1.62. The van der Waals surface area contributed by atoms with Crippen LogP contribution in [0.15, 0.2) is 0 Å². The minimum Gasteiger partial charge on any atom is -0.342 e. The minimum atomic E-state index is 0.133. The van der Waals surface area contributed by atoms with E-state index in [9.17, 15) is 4.79 Å². The van der Waals surface area contributed by atoms with E-state index in [0.717, 1.165) is 19.5 Å². The maximum absolute atomic E-state index is 11.9. The summed E-state index contributed by atoms with van der Waals surface area (Å²) in [5.74, 6) is 1.79. The molecule has 3 nitrogen and oxygen atoms in total. The first-order valence-corrected chi connectivity index (χ1v) is 6.64. The molecule has 0 aromatic carbocycles. The Hall–Kier alpha value is -0.570. The Kier molecular flexibility index (Phi) is 3.53. The lowest BCUT2D eigenvalue weighted by Gasteiger charge is -2.44. The lowest BCUT2D eigenvalue weighted by atomic mass is 9.72. The average molecular weight is 224 g/mol. The Balaban J connectivity index is 1.97. The Morgan fingerprint density at radius 3 is 2.75 bits per heavy atom. The van der Waals surface area contributed by atoms with Gasteiger partial charge >= 0.3 is 0 Å². The number of carbonyl (C=O) groups excluding carboxylic acids is 1. The molecule has 3 unspecified atom stereocenters. The van der Waals surface area contributed by atoms with E-state index in [1.165, 1.54) is 19.3 Å². The fraction of sp³-hybridized carbons (Fsp3) is 0.923. The summed E-state index contributed by atoms with van der Waals surface area (Å²) in [7, 11) is 0. The summed E-state index contributed by atoms with van der Waals surface area (Å²) >= 11 is 0. The molecule has 0 spiro atoms. The maximum Gasteiger partial charge on any atom is 0.225 e. The summed E-state index contributed by atoms with van der Waals surface area (Å²) in [5.41, 5.74) is 6.17.